The number of nitrogens with one attached hydrogen (secondary N) is 1. The Morgan fingerprint density at radius 1 is 1.27 bits per heavy atom. The number of benzene rings is 1. The highest BCUT2D eigenvalue weighted by Crippen LogP contribution is 2.35. The molecular formula is C17H22FNO3. The molecule has 22 heavy (non-hydrogen) atoms. The van der Waals surface area contributed by atoms with Gasteiger partial charge in [0.2, 0.25) is 0 Å². The highest BCUT2D eigenvalue weighted by atomic mass is 19.1. The van der Waals surface area contributed by atoms with Gasteiger partial charge in [-0.3, -0.25) is 4.79 Å². The monoisotopic (exact) mass is 307 g/mol. The molecule has 1 aromatic rings. The third kappa shape index (κ3) is 2.95. The molecule has 120 valence electrons. The second-order valence-electron chi connectivity index (χ2n) is 6.27. The molecule has 0 spiro atoms. The number of rotatable bonds is 2. The van der Waals surface area contributed by atoms with Gasteiger partial charge in [0, 0.05) is 5.56 Å². The van der Waals surface area contributed by atoms with Crippen LogP contribution < -0.4 is 10.1 Å². The summed E-state index contributed by atoms with van der Waals surface area (Å²) in [5, 5.41) is 13.4. The predicted octanol–water partition coefficient (Wildman–Crippen LogP) is 2.85. The van der Waals surface area contributed by atoms with Crippen molar-refractivity contribution >= 4 is 5.91 Å². The second-order valence-corrected chi connectivity index (χ2v) is 6.27. The highest BCUT2D eigenvalue weighted by molar-refractivity contribution is 5.85. The normalized spacial score (nSPS) is 23.8. The maximum absolute atomic E-state index is 13.9. The van der Waals surface area contributed by atoms with Crippen molar-refractivity contribution in [2.75, 3.05) is 6.61 Å². The van der Waals surface area contributed by atoms with E-state index in [1.165, 1.54) is 6.07 Å². The van der Waals surface area contributed by atoms with Gasteiger partial charge in [0.05, 0.1) is 12.6 Å². The molecule has 4 nitrogen and oxygen atoms in total. The lowest BCUT2D eigenvalue weighted by Gasteiger charge is -2.32. The fourth-order valence-corrected chi connectivity index (χ4v) is 3.38. The molecule has 0 aromatic heterocycles. The molecule has 0 radical (unpaired) electrons. The summed E-state index contributed by atoms with van der Waals surface area (Å²) in [5.74, 6) is -0.523. The Morgan fingerprint density at radius 3 is 2.82 bits per heavy atom. The predicted molar refractivity (Wildman–Crippen MR) is 80.0 cm³/mol. The molecule has 2 N–H and O–H groups in total. The Morgan fingerprint density at radius 2 is 2.05 bits per heavy atom. The van der Waals surface area contributed by atoms with Crippen molar-refractivity contribution in [2.45, 2.75) is 56.6 Å². The van der Waals surface area contributed by atoms with Crippen molar-refractivity contribution in [1.82, 2.24) is 5.32 Å². The van der Waals surface area contributed by atoms with Gasteiger partial charge in [-0.1, -0.05) is 31.4 Å². The number of fused-ring (bicyclic) bond motifs is 1. The summed E-state index contributed by atoms with van der Waals surface area (Å²) >= 11 is 0. The molecule has 1 aliphatic heterocycles. The van der Waals surface area contributed by atoms with Crippen LogP contribution in [0.2, 0.25) is 0 Å². The molecule has 1 amide bonds. The number of halogens is 1. The number of carbonyl (C=O) groups excluding carboxylic acids is 1. The van der Waals surface area contributed by atoms with Gasteiger partial charge in [0.15, 0.2) is 11.6 Å². The van der Waals surface area contributed by atoms with Crippen LogP contribution in [0.3, 0.4) is 0 Å². The number of hydrogen-bond acceptors (Lipinski definition) is 3. The number of carbonyl (C=O) groups is 1. The number of ether oxygens (including phenoxy) is 1. The summed E-state index contributed by atoms with van der Waals surface area (Å²) in [6.45, 7) is 0.435. The quantitative estimate of drug-likeness (QED) is 0.883. The van der Waals surface area contributed by atoms with Gasteiger partial charge in [0.1, 0.15) is 5.60 Å². The van der Waals surface area contributed by atoms with E-state index in [1.54, 1.807) is 12.1 Å². The maximum Gasteiger partial charge on any atom is 0.252 e. The summed E-state index contributed by atoms with van der Waals surface area (Å²) in [5.41, 5.74) is -0.621. The zero-order valence-corrected chi connectivity index (χ0v) is 12.6. The van der Waals surface area contributed by atoms with Gasteiger partial charge in [-0.15, -0.1) is 0 Å². The topological polar surface area (TPSA) is 58.6 Å². The summed E-state index contributed by atoms with van der Waals surface area (Å²) in [6.07, 6.45) is 5.19. The van der Waals surface area contributed by atoms with E-state index in [4.69, 9.17) is 4.74 Å². The van der Waals surface area contributed by atoms with Crippen molar-refractivity contribution in [3.63, 3.8) is 0 Å². The van der Waals surface area contributed by atoms with Gasteiger partial charge in [-0.2, -0.15) is 0 Å². The third-order valence-corrected chi connectivity index (χ3v) is 4.67. The van der Waals surface area contributed by atoms with Crippen LogP contribution in [-0.2, 0) is 4.79 Å². The third-order valence-electron chi connectivity index (χ3n) is 4.67. The largest absolute Gasteiger partial charge is 0.490 e. The SMILES string of the molecule is O=C(NC1CCCOc2c(F)cccc21)C1(O)CCCCC1. The van der Waals surface area contributed by atoms with Gasteiger partial charge in [-0.25, -0.2) is 4.39 Å². The standard InChI is InChI=1S/C17H22FNO3/c18-13-7-4-6-12-14(8-5-11-22-15(12)13)19-16(20)17(21)9-2-1-3-10-17/h4,6-7,14,21H,1-3,5,8-11H2,(H,19,20). The van der Waals surface area contributed by atoms with Crippen molar-refractivity contribution in [3.8, 4) is 5.75 Å². The molecule has 0 saturated heterocycles. The van der Waals surface area contributed by atoms with Crippen molar-refractivity contribution < 1.29 is 19.0 Å². The van der Waals surface area contributed by atoms with E-state index in [0.717, 1.165) is 25.7 Å². The zero-order valence-electron chi connectivity index (χ0n) is 12.6. The molecule has 1 heterocycles. The fourth-order valence-electron chi connectivity index (χ4n) is 3.38. The molecule has 1 aliphatic carbocycles. The first kappa shape index (κ1) is 15.3. The average molecular weight is 307 g/mol. The molecule has 1 unspecified atom stereocenters. The van der Waals surface area contributed by atoms with E-state index in [2.05, 4.69) is 5.32 Å². The lowest BCUT2D eigenvalue weighted by Crippen LogP contribution is -2.49. The van der Waals surface area contributed by atoms with Crippen LogP contribution in [0.4, 0.5) is 4.39 Å². The van der Waals surface area contributed by atoms with E-state index >= 15 is 0 Å². The molecule has 1 aromatic carbocycles. The Balaban J connectivity index is 1.80. The van der Waals surface area contributed by atoms with Crippen LogP contribution in [0.25, 0.3) is 0 Å². The summed E-state index contributed by atoms with van der Waals surface area (Å²) in [7, 11) is 0. The van der Waals surface area contributed by atoms with Crippen LogP contribution in [0.5, 0.6) is 5.75 Å². The van der Waals surface area contributed by atoms with Crippen LogP contribution in [-0.4, -0.2) is 23.2 Å². The lowest BCUT2D eigenvalue weighted by atomic mass is 9.84. The maximum atomic E-state index is 13.9. The average Bonchev–Trinajstić information content (AvgIpc) is 2.72. The minimum absolute atomic E-state index is 0.223. The van der Waals surface area contributed by atoms with E-state index in [9.17, 15) is 14.3 Å². The molecule has 1 fully saturated rings. The fraction of sp³-hybridized carbons (Fsp3) is 0.588. The Hall–Kier alpha value is -1.62. The van der Waals surface area contributed by atoms with Crippen LogP contribution in [0.1, 0.15) is 56.6 Å². The molecule has 1 atom stereocenters. The minimum atomic E-state index is -1.28. The van der Waals surface area contributed by atoms with Gasteiger partial charge < -0.3 is 15.2 Å². The van der Waals surface area contributed by atoms with Crippen LogP contribution in [0.15, 0.2) is 18.2 Å². The van der Waals surface area contributed by atoms with E-state index in [0.29, 0.717) is 31.4 Å². The van der Waals surface area contributed by atoms with E-state index in [1.807, 2.05) is 0 Å². The smallest absolute Gasteiger partial charge is 0.252 e. The van der Waals surface area contributed by atoms with Crippen LogP contribution >= 0.6 is 0 Å². The summed E-state index contributed by atoms with van der Waals surface area (Å²) < 4.78 is 19.4. The molecule has 5 heteroatoms. The van der Waals surface area contributed by atoms with Gasteiger partial charge in [0.25, 0.3) is 5.91 Å². The van der Waals surface area contributed by atoms with E-state index in [-0.39, 0.29) is 17.7 Å². The van der Waals surface area contributed by atoms with Gasteiger partial charge in [-0.05, 0) is 31.7 Å². The first-order valence-electron chi connectivity index (χ1n) is 8.05. The number of para-hydroxylation sites is 1. The number of amides is 1. The van der Waals surface area contributed by atoms with Crippen molar-refractivity contribution in [2.24, 2.45) is 0 Å². The Kier molecular flexibility index (Phi) is 4.34. The molecule has 1 saturated carbocycles. The minimum Gasteiger partial charge on any atom is -0.490 e. The van der Waals surface area contributed by atoms with Crippen molar-refractivity contribution in [3.05, 3.63) is 29.6 Å². The molecule has 2 aliphatic rings. The summed E-state index contributed by atoms with van der Waals surface area (Å²) in [4.78, 5) is 12.5. The van der Waals surface area contributed by atoms with Crippen LogP contribution in [0, 0.1) is 5.82 Å². The second kappa shape index (κ2) is 6.24. The summed E-state index contributed by atoms with van der Waals surface area (Å²) in [6, 6.07) is 4.45. The molecule has 3 rings (SSSR count). The first-order valence-corrected chi connectivity index (χ1v) is 8.05. The molecule has 0 bridgehead atoms. The zero-order chi connectivity index (χ0) is 15.6. The van der Waals surface area contributed by atoms with Crippen molar-refractivity contribution in [1.29, 1.82) is 0 Å². The van der Waals surface area contributed by atoms with E-state index < -0.39 is 11.4 Å². The first-order chi connectivity index (χ1) is 10.6. The highest BCUT2D eigenvalue weighted by Gasteiger charge is 2.38. The Labute approximate surface area is 129 Å². The number of aliphatic hydroxyl groups is 1. The Bertz CT molecular complexity index is 555. The lowest BCUT2D eigenvalue weighted by molar-refractivity contribution is -0.143. The number of hydrogen-bond donors (Lipinski definition) is 2. The molecular weight excluding hydrogens is 285 g/mol. The van der Waals surface area contributed by atoms with Gasteiger partial charge >= 0.3 is 0 Å².